The van der Waals surface area contributed by atoms with Crippen molar-refractivity contribution in [2.45, 2.75) is 12.3 Å². The van der Waals surface area contributed by atoms with Gasteiger partial charge in [0.15, 0.2) is 0 Å². The minimum atomic E-state index is -0.103. The number of rotatable bonds is 4. The zero-order valence-corrected chi connectivity index (χ0v) is 14.0. The number of nitrogens with one attached hydrogen (secondary N) is 1. The molecule has 0 aliphatic carbocycles. The average molecular weight is 343 g/mol. The van der Waals surface area contributed by atoms with Crippen molar-refractivity contribution in [2.75, 3.05) is 19.6 Å². The Morgan fingerprint density at radius 3 is 2.58 bits per heavy atom. The largest absolute Gasteiger partial charge is 0.353 e. The highest BCUT2D eigenvalue weighted by Gasteiger charge is 2.25. The van der Waals surface area contributed by atoms with Crippen molar-refractivity contribution in [3.05, 3.63) is 70.7 Å². The molecule has 2 aromatic rings. The first-order valence-electron chi connectivity index (χ1n) is 7.98. The van der Waals surface area contributed by atoms with Crippen molar-refractivity contribution in [2.24, 2.45) is 0 Å². The Morgan fingerprint density at radius 1 is 1.12 bits per heavy atom. The van der Waals surface area contributed by atoms with E-state index in [1.54, 1.807) is 4.90 Å². The first kappa shape index (κ1) is 16.5. The summed E-state index contributed by atoms with van der Waals surface area (Å²) in [6.07, 6.45) is 0.317. The fraction of sp³-hybridized carbons (Fsp3) is 0.263. The summed E-state index contributed by atoms with van der Waals surface area (Å²) in [4.78, 5) is 25.8. The SMILES string of the molecule is O=C1CN(C(=O)C[C@H](c2ccccc2)c2cccc(Cl)c2)CCN1. The molecule has 1 N–H and O–H groups in total. The number of carbonyl (C=O) groups is 2. The maximum absolute atomic E-state index is 12.7. The Morgan fingerprint density at radius 2 is 1.88 bits per heavy atom. The number of hydrogen-bond donors (Lipinski definition) is 1. The lowest BCUT2D eigenvalue weighted by Gasteiger charge is -2.28. The third-order valence-corrected chi connectivity index (χ3v) is 4.46. The van der Waals surface area contributed by atoms with Gasteiger partial charge in [-0.15, -0.1) is 0 Å². The van der Waals surface area contributed by atoms with Gasteiger partial charge in [0.25, 0.3) is 0 Å². The highest BCUT2D eigenvalue weighted by molar-refractivity contribution is 6.30. The summed E-state index contributed by atoms with van der Waals surface area (Å²) in [5.41, 5.74) is 2.07. The summed E-state index contributed by atoms with van der Waals surface area (Å²) >= 11 is 6.13. The molecular weight excluding hydrogens is 324 g/mol. The number of nitrogens with zero attached hydrogens (tertiary/aromatic N) is 1. The van der Waals surface area contributed by atoms with Crippen molar-refractivity contribution in [1.29, 1.82) is 0 Å². The topological polar surface area (TPSA) is 49.4 Å². The van der Waals surface area contributed by atoms with Gasteiger partial charge >= 0.3 is 0 Å². The molecule has 3 rings (SSSR count). The Bertz CT molecular complexity index is 733. The van der Waals surface area contributed by atoms with Crippen molar-refractivity contribution in [3.63, 3.8) is 0 Å². The third-order valence-electron chi connectivity index (χ3n) is 4.22. The van der Waals surface area contributed by atoms with Crippen LogP contribution in [0.4, 0.5) is 0 Å². The van der Waals surface area contributed by atoms with E-state index in [-0.39, 0.29) is 24.3 Å². The molecule has 0 saturated carbocycles. The van der Waals surface area contributed by atoms with Crippen LogP contribution in [0.2, 0.25) is 5.02 Å². The van der Waals surface area contributed by atoms with E-state index in [2.05, 4.69) is 5.32 Å². The Hall–Kier alpha value is -2.33. The second-order valence-corrected chi connectivity index (χ2v) is 6.32. The van der Waals surface area contributed by atoms with E-state index in [4.69, 9.17) is 11.6 Å². The second-order valence-electron chi connectivity index (χ2n) is 5.89. The summed E-state index contributed by atoms with van der Waals surface area (Å²) < 4.78 is 0. The van der Waals surface area contributed by atoms with Gasteiger partial charge in [0.05, 0.1) is 6.54 Å². The number of carbonyl (C=O) groups excluding carboxylic acids is 2. The van der Waals surface area contributed by atoms with Crippen molar-refractivity contribution in [1.82, 2.24) is 10.2 Å². The molecule has 24 heavy (non-hydrogen) atoms. The lowest BCUT2D eigenvalue weighted by molar-refractivity contribution is -0.138. The molecular formula is C19H19ClN2O2. The standard InChI is InChI=1S/C19H19ClN2O2/c20-16-8-4-7-15(11-16)17(14-5-2-1-3-6-14)12-19(24)22-10-9-21-18(23)13-22/h1-8,11,17H,9-10,12-13H2,(H,21,23)/t17-/m1/s1. The summed E-state index contributed by atoms with van der Waals surface area (Å²) in [6.45, 7) is 1.20. The fourth-order valence-electron chi connectivity index (χ4n) is 2.99. The molecule has 0 spiro atoms. The summed E-state index contributed by atoms with van der Waals surface area (Å²) in [5.74, 6) is -0.199. The molecule has 0 unspecified atom stereocenters. The monoisotopic (exact) mass is 342 g/mol. The molecule has 1 fully saturated rings. The van der Waals surface area contributed by atoms with Crippen LogP contribution in [0.15, 0.2) is 54.6 Å². The maximum Gasteiger partial charge on any atom is 0.239 e. The van der Waals surface area contributed by atoms with E-state index in [9.17, 15) is 9.59 Å². The number of hydrogen-bond acceptors (Lipinski definition) is 2. The van der Waals surface area contributed by atoms with Gasteiger partial charge < -0.3 is 10.2 Å². The molecule has 2 aromatic carbocycles. The van der Waals surface area contributed by atoms with Crippen LogP contribution >= 0.6 is 11.6 Å². The number of amides is 2. The van der Waals surface area contributed by atoms with Gasteiger partial charge in [-0.2, -0.15) is 0 Å². The van der Waals surface area contributed by atoms with E-state index in [1.165, 1.54) is 0 Å². The summed E-state index contributed by atoms with van der Waals surface area (Å²) in [6, 6.07) is 17.5. The third kappa shape index (κ3) is 3.95. The number of benzene rings is 2. The number of piperazine rings is 1. The van der Waals surface area contributed by atoms with E-state index in [1.807, 2.05) is 54.6 Å². The molecule has 1 aliphatic rings. The Balaban J connectivity index is 1.85. The molecule has 2 amide bonds. The molecule has 0 bridgehead atoms. The van der Waals surface area contributed by atoms with Gasteiger partial charge in [0.1, 0.15) is 0 Å². The zero-order valence-electron chi connectivity index (χ0n) is 13.2. The highest BCUT2D eigenvalue weighted by atomic mass is 35.5. The van der Waals surface area contributed by atoms with Gasteiger partial charge in [-0.1, -0.05) is 54.1 Å². The van der Waals surface area contributed by atoms with Crippen molar-refractivity contribution >= 4 is 23.4 Å². The van der Waals surface area contributed by atoms with Gasteiger partial charge in [0, 0.05) is 30.5 Å². The van der Waals surface area contributed by atoms with Gasteiger partial charge in [0.2, 0.25) is 11.8 Å². The van der Waals surface area contributed by atoms with Gasteiger partial charge in [-0.05, 0) is 23.3 Å². The predicted molar refractivity (Wildman–Crippen MR) is 93.9 cm³/mol. The lowest BCUT2D eigenvalue weighted by Crippen LogP contribution is -2.50. The molecule has 124 valence electrons. The zero-order chi connectivity index (χ0) is 16.9. The van der Waals surface area contributed by atoms with Gasteiger partial charge in [-0.25, -0.2) is 0 Å². The van der Waals surface area contributed by atoms with Crippen molar-refractivity contribution in [3.8, 4) is 0 Å². The molecule has 1 saturated heterocycles. The molecule has 1 heterocycles. The minimum absolute atomic E-state index is 0.0151. The second kappa shape index (κ2) is 7.49. The number of halogens is 1. The van der Waals surface area contributed by atoms with Crippen LogP contribution in [0, 0.1) is 0 Å². The van der Waals surface area contributed by atoms with E-state index < -0.39 is 0 Å². The predicted octanol–water partition coefficient (Wildman–Crippen LogP) is 2.82. The van der Waals surface area contributed by atoms with E-state index in [0.29, 0.717) is 24.5 Å². The van der Waals surface area contributed by atoms with Crippen LogP contribution in [0.25, 0.3) is 0 Å². The lowest BCUT2D eigenvalue weighted by atomic mass is 9.88. The summed E-state index contributed by atoms with van der Waals surface area (Å²) in [7, 11) is 0. The Kier molecular flexibility index (Phi) is 5.16. The van der Waals surface area contributed by atoms with E-state index in [0.717, 1.165) is 11.1 Å². The van der Waals surface area contributed by atoms with Crippen LogP contribution < -0.4 is 5.32 Å². The molecule has 0 aromatic heterocycles. The smallest absolute Gasteiger partial charge is 0.239 e. The Labute approximate surface area is 146 Å². The first-order valence-corrected chi connectivity index (χ1v) is 8.36. The normalized spacial score (nSPS) is 15.7. The van der Waals surface area contributed by atoms with Crippen LogP contribution in [0.3, 0.4) is 0 Å². The van der Waals surface area contributed by atoms with E-state index >= 15 is 0 Å². The average Bonchev–Trinajstić information content (AvgIpc) is 2.60. The minimum Gasteiger partial charge on any atom is -0.353 e. The molecule has 0 radical (unpaired) electrons. The maximum atomic E-state index is 12.7. The fourth-order valence-corrected chi connectivity index (χ4v) is 3.19. The van der Waals surface area contributed by atoms with Crippen molar-refractivity contribution < 1.29 is 9.59 Å². The molecule has 1 aliphatic heterocycles. The first-order chi connectivity index (χ1) is 11.6. The van der Waals surface area contributed by atoms with Crippen LogP contribution in [-0.2, 0) is 9.59 Å². The quantitative estimate of drug-likeness (QED) is 0.928. The highest BCUT2D eigenvalue weighted by Crippen LogP contribution is 2.30. The molecule has 5 heteroatoms. The molecule has 1 atom stereocenters. The van der Waals surface area contributed by atoms with Crippen LogP contribution in [0.1, 0.15) is 23.5 Å². The van der Waals surface area contributed by atoms with Crippen LogP contribution in [-0.4, -0.2) is 36.3 Å². The summed E-state index contributed by atoms with van der Waals surface area (Å²) in [5, 5.41) is 3.39. The van der Waals surface area contributed by atoms with Crippen LogP contribution in [0.5, 0.6) is 0 Å². The molecule has 4 nitrogen and oxygen atoms in total. The van der Waals surface area contributed by atoms with Gasteiger partial charge in [-0.3, -0.25) is 9.59 Å².